The van der Waals surface area contributed by atoms with Crippen molar-refractivity contribution in [2.45, 2.75) is 0 Å². The molecule has 5 heteroatoms. The molecule has 0 saturated carbocycles. The van der Waals surface area contributed by atoms with E-state index in [0.717, 1.165) is 123 Å². The molecule has 0 aliphatic rings. The Morgan fingerprint density at radius 1 is 0.229 bits per heavy atom. The molecule has 0 N–H and O–H groups in total. The fourth-order valence-corrected chi connectivity index (χ4v) is 9.86. The van der Waals surface area contributed by atoms with Gasteiger partial charge in [0.2, 0.25) is 5.78 Å². The molecule has 9 aromatic carbocycles. The van der Waals surface area contributed by atoms with Crippen molar-refractivity contribution in [3.05, 3.63) is 261 Å². The van der Waals surface area contributed by atoms with E-state index in [9.17, 15) is 0 Å². The van der Waals surface area contributed by atoms with E-state index < -0.39 is 0 Å². The number of hydrogen-bond acceptors (Lipinski definition) is 3. The van der Waals surface area contributed by atoms with Crippen LogP contribution in [0, 0.1) is 0 Å². The van der Waals surface area contributed by atoms with Crippen LogP contribution in [0.25, 0.3) is 123 Å². The summed E-state index contributed by atoms with van der Waals surface area (Å²) in [5, 5.41) is 0. The van der Waals surface area contributed by atoms with Gasteiger partial charge in [0, 0.05) is 22.3 Å². The maximum Gasteiger partial charge on any atom is 0.220 e. The van der Waals surface area contributed by atoms with Crippen LogP contribution >= 0.6 is 0 Å². The Labute approximate surface area is 406 Å². The summed E-state index contributed by atoms with van der Waals surface area (Å²) in [7, 11) is 0. The molecule has 0 fully saturated rings. The van der Waals surface area contributed by atoms with Crippen molar-refractivity contribution in [1.82, 2.24) is 23.9 Å². The van der Waals surface area contributed by atoms with E-state index in [1.807, 2.05) is 12.1 Å². The van der Waals surface area contributed by atoms with Crippen LogP contribution in [0.1, 0.15) is 0 Å². The van der Waals surface area contributed by atoms with Crippen LogP contribution in [0.5, 0.6) is 0 Å². The third kappa shape index (κ3) is 7.52. The zero-order chi connectivity index (χ0) is 46.4. The fourth-order valence-electron chi connectivity index (χ4n) is 9.86. The topological polar surface area (TPSA) is 48.0 Å². The summed E-state index contributed by atoms with van der Waals surface area (Å²) < 4.78 is 4.59. The lowest BCUT2D eigenvalue weighted by Gasteiger charge is -2.15. The molecule has 0 aliphatic carbocycles. The number of fused-ring (bicyclic) bond motifs is 5. The second-order valence-corrected chi connectivity index (χ2v) is 17.7. The molecule has 4 aromatic heterocycles. The molecular weight excluding hydrogens is 851 g/mol. The van der Waals surface area contributed by atoms with E-state index in [0.29, 0.717) is 0 Å². The van der Waals surface area contributed by atoms with E-state index in [4.69, 9.17) is 15.0 Å². The second kappa shape index (κ2) is 17.3. The van der Waals surface area contributed by atoms with Crippen molar-refractivity contribution in [2.24, 2.45) is 0 Å². The highest BCUT2D eigenvalue weighted by Crippen LogP contribution is 2.39. The van der Waals surface area contributed by atoms with Crippen molar-refractivity contribution in [2.75, 3.05) is 0 Å². The summed E-state index contributed by atoms with van der Waals surface area (Å²) in [6.45, 7) is 0. The number of nitrogens with zero attached hydrogens (tertiary/aromatic N) is 5. The Hall–Kier alpha value is -9.45. The molecule has 0 bridgehead atoms. The summed E-state index contributed by atoms with van der Waals surface area (Å²) in [6.07, 6.45) is 0. The first-order valence-electron chi connectivity index (χ1n) is 23.7. The quantitative estimate of drug-likeness (QED) is 0.145. The van der Waals surface area contributed by atoms with Crippen LogP contribution in [0.2, 0.25) is 0 Å². The van der Waals surface area contributed by atoms with Gasteiger partial charge in [-0.05, 0) is 123 Å². The number of hydrogen-bond donors (Lipinski definition) is 0. The van der Waals surface area contributed by atoms with Crippen LogP contribution in [0.3, 0.4) is 0 Å². The Bertz CT molecular complexity index is 3740. The van der Waals surface area contributed by atoms with Gasteiger partial charge in [-0.1, -0.05) is 182 Å². The van der Waals surface area contributed by atoms with Crippen LogP contribution in [0.15, 0.2) is 261 Å². The number of rotatable bonds is 9. The van der Waals surface area contributed by atoms with E-state index in [-0.39, 0.29) is 0 Å². The molecule has 328 valence electrons. The molecule has 0 spiro atoms. The van der Waals surface area contributed by atoms with Crippen molar-refractivity contribution in [3.63, 3.8) is 0 Å². The van der Waals surface area contributed by atoms with Crippen molar-refractivity contribution < 1.29 is 0 Å². The molecular formula is C65H43N5. The van der Waals surface area contributed by atoms with Gasteiger partial charge in [-0.15, -0.1) is 0 Å². The van der Waals surface area contributed by atoms with Crippen molar-refractivity contribution in [1.29, 1.82) is 0 Å². The third-order valence-electron chi connectivity index (χ3n) is 13.3. The van der Waals surface area contributed by atoms with E-state index in [1.165, 1.54) is 0 Å². The lowest BCUT2D eigenvalue weighted by Crippen LogP contribution is -1.97. The molecule has 13 aromatic rings. The number of pyridine rings is 2. The standard InChI is InChI=1S/C65H43N5/c1-5-19-44(20-6-1)54-40-58(46-23-9-3-10-24-46)66-60(42-54)50-29-17-27-48(35-50)52-37-53(39-56(38-52)69-63-33-15-16-34-64(63)70-62-32-14-13-31-57(62)68-65(69)70)49-28-18-30-51(36-49)61-43-55(45-21-7-2-8-22-45)41-59(67-61)47-25-11-4-12-26-47/h1-43H. The van der Waals surface area contributed by atoms with Gasteiger partial charge in [0.1, 0.15) is 0 Å². The largest absolute Gasteiger partial charge is 0.278 e. The minimum Gasteiger partial charge on any atom is -0.278 e. The van der Waals surface area contributed by atoms with Crippen LogP contribution in [-0.4, -0.2) is 23.9 Å². The highest BCUT2D eigenvalue weighted by atomic mass is 15.2. The molecule has 0 radical (unpaired) electrons. The first-order valence-corrected chi connectivity index (χ1v) is 23.7. The Morgan fingerprint density at radius 3 is 1.09 bits per heavy atom. The van der Waals surface area contributed by atoms with Crippen molar-refractivity contribution in [3.8, 4) is 95.2 Å². The summed E-state index contributed by atoms with van der Waals surface area (Å²) in [4.78, 5) is 15.9. The molecule has 70 heavy (non-hydrogen) atoms. The number of benzene rings is 9. The van der Waals surface area contributed by atoms with E-state index in [1.54, 1.807) is 0 Å². The highest BCUT2D eigenvalue weighted by molar-refractivity contribution is 5.93. The number of para-hydroxylation sites is 4. The van der Waals surface area contributed by atoms with Gasteiger partial charge in [0.05, 0.1) is 50.5 Å². The molecule has 0 unspecified atom stereocenters. The fraction of sp³-hybridized carbons (Fsp3) is 0. The van der Waals surface area contributed by atoms with Gasteiger partial charge in [0.25, 0.3) is 0 Å². The molecule has 4 heterocycles. The van der Waals surface area contributed by atoms with E-state index >= 15 is 0 Å². The second-order valence-electron chi connectivity index (χ2n) is 17.7. The maximum atomic E-state index is 5.31. The third-order valence-corrected chi connectivity index (χ3v) is 13.3. The zero-order valence-corrected chi connectivity index (χ0v) is 38.1. The molecule has 0 atom stereocenters. The smallest absolute Gasteiger partial charge is 0.220 e. The first kappa shape index (κ1) is 40.8. The SMILES string of the molecule is c1ccc(-c2cc(-c3ccccc3)nc(-c3cccc(-c4cc(-c5cccc(-c6cc(-c7ccccc7)cc(-c7ccccc7)n6)c5)cc(-n5c6ccccc6n6c7ccccc7nc56)c4)c3)c2)cc1. The zero-order valence-electron chi connectivity index (χ0n) is 38.1. The summed E-state index contributed by atoms with van der Waals surface area (Å²) in [6, 6.07) is 92.3. The molecule has 0 amide bonds. The molecule has 13 rings (SSSR count). The first-order chi connectivity index (χ1) is 34.7. The average molecular weight is 894 g/mol. The van der Waals surface area contributed by atoms with Gasteiger partial charge in [-0.2, -0.15) is 0 Å². The maximum absolute atomic E-state index is 5.31. The molecule has 5 nitrogen and oxygen atoms in total. The summed E-state index contributed by atoms with van der Waals surface area (Å²) >= 11 is 0. The van der Waals surface area contributed by atoms with Crippen LogP contribution < -0.4 is 0 Å². The normalized spacial score (nSPS) is 11.4. The van der Waals surface area contributed by atoms with Crippen LogP contribution in [0.4, 0.5) is 0 Å². The number of imidazole rings is 2. The Morgan fingerprint density at radius 2 is 0.586 bits per heavy atom. The Balaban J connectivity index is 1.00. The molecule has 0 aliphatic heterocycles. The minimum atomic E-state index is 0.860. The van der Waals surface area contributed by atoms with Gasteiger partial charge < -0.3 is 0 Å². The van der Waals surface area contributed by atoms with Gasteiger partial charge in [0.15, 0.2) is 0 Å². The van der Waals surface area contributed by atoms with E-state index in [2.05, 4.69) is 258 Å². The lowest BCUT2D eigenvalue weighted by molar-refractivity contribution is 1.11. The predicted octanol–water partition coefficient (Wildman–Crippen LogP) is 16.6. The average Bonchev–Trinajstić information content (AvgIpc) is 3.98. The molecule has 0 saturated heterocycles. The predicted molar refractivity (Wildman–Crippen MR) is 289 cm³/mol. The lowest BCUT2D eigenvalue weighted by atomic mass is 9.94. The highest BCUT2D eigenvalue weighted by Gasteiger charge is 2.20. The number of aromatic nitrogens is 5. The van der Waals surface area contributed by atoms with Crippen molar-refractivity contribution >= 4 is 27.8 Å². The monoisotopic (exact) mass is 893 g/mol. The van der Waals surface area contributed by atoms with Crippen LogP contribution in [-0.2, 0) is 0 Å². The van der Waals surface area contributed by atoms with Gasteiger partial charge in [-0.25, -0.2) is 15.0 Å². The Kier molecular flexibility index (Phi) is 10.1. The van der Waals surface area contributed by atoms with Gasteiger partial charge >= 0.3 is 0 Å². The minimum absolute atomic E-state index is 0.860. The summed E-state index contributed by atoms with van der Waals surface area (Å²) in [5.41, 5.74) is 22.0. The van der Waals surface area contributed by atoms with Gasteiger partial charge in [-0.3, -0.25) is 8.97 Å². The summed E-state index contributed by atoms with van der Waals surface area (Å²) in [5.74, 6) is 0.860.